The summed E-state index contributed by atoms with van der Waals surface area (Å²) in [4.78, 5) is 26.1. The van der Waals surface area contributed by atoms with Gasteiger partial charge >= 0.3 is 6.03 Å². The first-order chi connectivity index (χ1) is 12.0. The van der Waals surface area contributed by atoms with Crippen LogP contribution in [0.1, 0.15) is 50.0 Å². The van der Waals surface area contributed by atoms with Gasteiger partial charge < -0.3 is 16.0 Å². The second-order valence-corrected chi connectivity index (χ2v) is 7.51. The third-order valence-electron chi connectivity index (χ3n) is 5.64. The molecule has 25 heavy (non-hydrogen) atoms. The van der Waals surface area contributed by atoms with E-state index in [9.17, 15) is 9.59 Å². The SMILES string of the molecule is Cn1cc([C@H]2CN(C(=O)NCC3CCCCCC3)C[C@@H]2C(N)=O)cn1. The standard InChI is InChI=1S/C18H29N5O2/c1-22-10-14(9-21-22)15-11-23(12-16(15)17(19)24)18(25)20-8-13-6-4-2-3-5-7-13/h9-10,13,15-16H,2-8,11-12H2,1H3,(H2,19,24)(H,20,25)/t15-,16+/m1/s1. The molecule has 0 bridgehead atoms. The Morgan fingerprint density at radius 2 is 1.96 bits per heavy atom. The topological polar surface area (TPSA) is 93.3 Å². The third kappa shape index (κ3) is 4.32. The van der Waals surface area contributed by atoms with Gasteiger partial charge in [0.1, 0.15) is 0 Å². The fraction of sp³-hybridized carbons (Fsp3) is 0.722. The minimum Gasteiger partial charge on any atom is -0.369 e. The second-order valence-electron chi connectivity index (χ2n) is 7.51. The van der Waals surface area contributed by atoms with Crippen LogP contribution in [0.4, 0.5) is 4.79 Å². The number of rotatable bonds is 4. The van der Waals surface area contributed by atoms with Crippen molar-refractivity contribution in [2.75, 3.05) is 19.6 Å². The molecule has 1 saturated carbocycles. The van der Waals surface area contributed by atoms with Gasteiger partial charge in [0.2, 0.25) is 5.91 Å². The molecule has 1 saturated heterocycles. The van der Waals surface area contributed by atoms with Gasteiger partial charge in [-0.1, -0.05) is 25.7 Å². The van der Waals surface area contributed by atoms with Gasteiger partial charge in [0.25, 0.3) is 0 Å². The zero-order chi connectivity index (χ0) is 17.8. The van der Waals surface area contributed by atoms with Crippen LogP contribution in [0, 0.1) is 11.8 Å². The summed E-state index contributed by atoms with van der Waals surface area (Å²) in [5.74, 6) is -0.203. The Morgan fingerprint density at radius 1 is 1.24 bits per heavy atom. The van der Waals surface area contributed by atoms with E-state index in [1.54, 1.807) is 15.8 Å². The Morgan fingerprint density at radius 3 is 2.56 bits per heavy atom. The van der Waals surface area contributed by atoms with Gasteiger partial charge in [0.15, 0.2) is 0 Å². The molecule has 3 rings (SSSR count). The van der Waals surface area contributed by atoms with E-state index in [1.807, 2.05) is 13.2 Å². The average molecular weight is 347 g/mol. The number of nitrogens with two attached hydrogens (primary N) is 1. The first kappa shape index (κ1) is 17.8. The van der Waals surface area contributed by atoms with E-state index < -0.39 is 0 Å². The van der Waals surface area contributed by atoms with Crippen LogP contribution in [0.5, 0.6) is 0 Å². The van der Waals surface area contributed by atoms with E-state index >= 15 is 0 Å². The number of hydrogen-bond donors (Lipinski definition) is 2. The number of aromatic nitrogens is 2. The van der Waals surface area contributed by atoms with E-state index in [2.05, 4.69) is 10.4 Å². The van der Waals surface area contributed by atoms with E-state index in [4.69, 9.17) is 5.73 Å². The summed E-state index contributed by atoms with van der Waals surface area (Å²) in [7, 11) is 1.84. The zero-order valence-corrected chi connectivity index (χ0v) is 15.0. The molecule has 1 aliphatic heterocycles. The summed E-state index contributed by atoms with van der Waals surface area (Å²) in [6.07, 6.45) is 11.2. The van der Waals surface area contributed by atoms with Crippen LogP contribution in [0.2, 0.25) is 0 Å². The Hall–Kier alpha value is -2.05. The van der Waals surface area contributed by atoms with Crippen molar-refractivity contribution in [1.82, 2.24) is 20.0 Å². The van der Waals surface area contributed by atoms with Crippen molar-refractivity contribution in [2.24, 2.45) is 24.6 Å². The minimum absolute atomic E-state index is 0.0742. The first-order valence-corrected chi connectivity index (χ1v) is 9.35. The first-order valence-electron chi connectivity index (χ1n) is 9.35. The Bertz CT molecular complexity index is 606. The highest BCUT2D eigenvalue weighted by molar-refractivity contribution is 5.81. The number of urea groups is 1. The van der Waals surface area contributed by atoms with Crippen molar-refractivity contribution in [2.45, 2.75) is 44.4 Å². The van der Waals surface area contributed by atoms with E-state index in [-0.39, 0.29) is 23.8 Å². The van der Waals surface area contributed by atoms with Crippen LogP contribution < -0.4 is 11.1 Å². The predicted octanol–water partition coefficient (Wildman–Crippen LogP) is 1.60. The molecule has 1 aliphatic carbocycles. The predicted molar refractivity (Wildman–Crippen MR) is 94.8 cm³/mol. The maximum Gasteiger partial charge on any atom is 0.317 e. The van der Waals surface area contributed by atoms with Crippen LogP contribution in [-0.4, -0.2) is 46.3 Å². The zero-order valence-electron chi connectivity index (χ0n) is 15.0. The van der Waals surface area contributed by atoms with Crippen molar-refractivity contribution in [3.63, 3.8) is 0 Å². The molecule has 3 amide bonds. The number of likely N-dealkylation sites (tertiary alicyclic amines) is 1. The van der Waals surface area contributed by atoms with E-state index in [0.717, 1.165) is 12.1 Å². The van der Waals surface area contributed by atoms with Gasteiger partial charge in [-0.25, -0.2) is 4.79 Å². The third-order valence-corrected chi connectivity index (χ3v) is 5.64. The van der Waals surface area contributed by atoms with Gasteiger partial charge in [0, 0.05) is 38.8 Å². The average Bonchev–Trinajstić information content (AvgIpc) is 3.12. The van der Waals surface area contributed by atoms with Gasteiger partial charge in [-0.2, -0.15) is 5.10 Å². The maximum absolute atomic E-state index is 12.6. The summed E-state index contributed by atoms with van der Waals surface area (Å²) in [6.45, 7) is 1.62. The molecule has 2 fully saturated rings. The normalized spacial score (nSPS) is 24.9. The summed E-state index contributed by atoms with van der Waals surface area (Å²) >= 11 is 0. The van der Waals surface area contributed by atoms with Crippen LogP contribution >= 0.6 is 0 Å². The van der Waals surface area contributed by atoms with Crippen LogP contribution in [0.25, 0.3) is 0 Å². The van der Waals surface area contributed by atoms with Gasteiger partial charge in [-0.15, -0.1) is 0 Å². The van der Waals surface area contributed by atoms with Crippen molar-refractivity contribution < 1.29 is 9.59 Å². The van der Waals surface area contributed by atoms with Crippen molar-refractivity contribution >= 4 is 11.9 Å². The molecule has 7 heteroatoms. The van der Waals surface area contributed by atoms with E-state index in [0.29, 0.717) is 19.0 Å². The molecule has 2 aliphatic rings. The monoisotopic (exact) mass is 347 g/mol. The largest absolute Gasteiger partial charge is 0.369 e. The number of nitrogens with one attached hydrogen (secondary N) is 1. The molecule has 0 radical (unpaired) electrons. The highest BCUT2D eigenvalue weighted by atomic mass is 16.2. The molecule has 0 aromatic carbocycles. The lowest BCUT2D eigenvalue weighted by atomic mass is 9.90. The molecule has 0 spiro atoms. The molecule has 3 N–H and O–H groups in total. The summed E-state index contributed by atoms with van der Waals surface area (Å²) in [5, 5.41) is 7.25. The number of nitrogens with zero attached hydrogens (tertiary/aromatic N) is 3. The highest BCUT2D eigenvalue weighted by Gasteiger charge is 2.40. The van der Waals surface area contributed by atoms with Gasteiger partial charge in [0.05, 0.1) is 12.1 Å². The Labute approximate surface area is 148 Å². The quantitative estimate of drug-likeness (QED) is 0.810. The minimum atomic E-state index is -0.354. The number of carbonyl (C=O) groups is 2. The Kier molecular flexibility index (Phi) is 5.60. The Balaban J connectivity index is 1.58. The lowest BCUT2D eigenvalue weighted by Crippen LogP contribution is -2.41. The molecule has 138 valence electrons. The van der Waals surface area contributed by atoms with Crippen molar-refractivity contribution in [3.05, 3.63) is 18.0 Å². The summed E-state index contributed by atoms with van der Waals surface area (Å²) in [5.41, 5.74) is 6.54. The molecule has 7 nitrogen and oxygen atoms in total. The molecule has 0 unspecified atom stereocenters. The van der Waals surface area contributed by atoms with Crippen LogP contribution in [-0.2, 0) is 11.8 Å². The maximum atomic E-state index is 12.6. The molecule has 2 atom stereocenters. The number of carbonyl (C=O) groups excluding carboxylic acids is 2. The number of hydrogen-bond acceptors (Lipinski definition) is 3. The lowest BCUT2D eigenvalue weighted by molar-refractivity contribution is -0.121. The summed E-state index contributed by atoms with van der Waals surface area (Å²) < 4.78 is 1.71. The summed E-state index contributed by atoms with van der Waals surface area (Å²) in [6, 6.07) is -0.0816. The highest BCUT2D eigenvalue weighted by Crippen LogP contribution is 2.32. The smallest absolute Gasteiger partial charge is 0.317 e. The fourth-order valence-electron chi connectivity index (χ4n) is 4.14. The fourth-order valence-corrected chi connectivity index (χ4v) is 4.14. The molecular formula is C18H29N5O2. The van der Waals surface area contributed by atoms with Crippen molar-refractivity contribution in [3.8, 4) is 0 Å². The molecule has 1 aromatic rings. The number of amides is 3. The lowest BCUT2D eigenvalue weighted by Gasteiger charge is -2.20. The molecule has 1 aromatic heterocycles. The van der Waals surface area contributed by atoms with Crippen LogP contribution in [0.3, 0.4) is 0 Å². The second kappa shape index (κ2) is 7.89. The number of aryl methyl sites for hydroxylation is 1. The molecule has 2 heterocycles. The van der Waals surface area contributed by atoms with Crippen molar-refractivity contribution in [1.29, 1.82) is 0 Å². The van der Waals surface area contributed by atoms with Gasteiger partial charge in [-0.05, 0) is 24.3 Å². The van der Waals surface area contributed by atoms with Crippen LogP contribution in [0.15, 0.2) is 12.4 Å². The number of primary amides is 1. The molecular weight excluding hydrogens is 318 g/mol. The van der Waals surface area contributed by atoms with Gasteiger partial charge in [-0.3, -0.25) is 9.48 Å². The van der Waals surface area contributed by atoms with E-state index in [1.165, 1.54) is 38.5 Å².